The van der Waals surface area contributed by atoms with E-state index in [2.05, 4.69) is 26.2 Å². The quantitative estimate of drug-likeness (QED) is 0.821. The number of hydrogen-bond donors (Lipinski definition) is 1. The number of pyridine rings is 1. The van der Waals surface area contributed by atoms with Crippen LogP contribution in [0.1, 0.15) is 33.2 Å². The number of amides is 3. The molecule has 1 aliphatic rings. The van der Waals surface area contributed by atoms with Gasteiger partial charge in [0.15, 0.2) is 0 Å². The van der Waals surface area contributed by atoms with E-state index in [4.69, 9.17) is 0 Å². The minimum atomic E-state index is -0.942. The predicted octanol–water partition coefficient (Wildman–Crippen LogP) is 2.78. The molecular weight excluding hydrogens is 374 g/mol. The Balaban J connectivity index is 1.82. The van der Waals surface area contributed by atoms with Crippen molar-refractivity contribution < 1.29 is 14.4 Å². The predicted molar refractivity (Wildman–Crippen MR) is 91.7 cm³/mol. The molecule has 0 saturated heterocycles. The Morgan fingerprint density at radius 3 is 2.33 bits per heavy atom. The van der Waals surface area contributed by atoms with E-state index in [1.165, 1.54) is 6.92 Å². The molecule has 1 aliphatic heterocycles. The summed E-state index contributed by atoms with van der Waals surface area (Å²) in [5, 5.41) is 2.66. The molecule has 0 fully saturated rings. The third kappa shape index (κ3) is 2.71. The van der Waals surface area contributed by atoms with Crippen LogP contribution < -0.4 is 5.32 Å². The van der Waals surface area contributed by atoms with Gasteiger partial charge < -0.3 is 5.32 Å². The number of benzene rings is 1. The fourth-order valence-electron chi connectivity index (χ4n) is 2.57. The van der Waals surface area contributed by atoms with E-state index < -0.39 is 23.8 Å². The molecule has 7 heteroatoms. The number of carbonyl (C=O) groups is 3. The second-order valence-corrected chi connectivity index (χ2v) is 6.43. The zero-order valence-electron chi connectivity index (χ0n) is 13.0. The fraction of sp³-hybridized carbons (Fsp3) is 0.176. The summed E-state index contributed by atoms with van der Waals surface area (Å²) in [6.45, 7) is 3.32. The zero-order chi connectivity index (χ0) is 17.4. The second-order valence-electron chi connectivity index (χ2n) is 5.51. The normalized spacial score (nSPS) is 14.5. The molecule has 1 aromatic heterocycles. The van der Waals surface area contributed by atoms with Crippen LogP contribution >= 0.6 is 15.9 Å². The van der Waals surface area contributed by atoms with Crippen LogP contribution in [0.15, 0.2) is 41.0 Å². The van der Waals surface area contributed by atoms with Crippen molar-refractivity contribution in [2.45, 2.75) is 19.9 Å². The first-order chi connectivity index (χ1) is 11.4. The van der Waals surface area contributed by atoms with Crippen molar-refractivity contribution in [2.75, 3.05) is 5.32 Å². The summed E-state index contributed by atoms with van der Waals surface area (Å²) < 4.78 is 0.798. The maximum atomic E-state index is 12.5. The molecular formula is C17H14BrN3O3. The van der Waals surface area contributed by atoms with Gasteiger partial charge in [-0.2, -0.15) is 0 Å². The van der Waals surface area contributed by atoms with Crippen molar-refractivity contribution in [1.29, 1.82) is 0 Å². The first kappa shape index (κ1) is 16.3. The number of rotatable bonds is 3. The third-order valence-corrected chi connectivity index (χ3v) is 4.31. The maximum Gasteiger partial charge on any atom is 0.262 e. The van der Waals surface area contributed by atoms with Crippen LogP contribution in [0.5, 0.6) is 0 Å². The Hall–Kier alpha value is -2.54. The van der Waals surface area contributed by atoms with Crippen LogP contribution in [-0.4, -0.2) is 33.6 Å². The van der Waals surface area contributed by atoms with E-state index >= 15 is 0 Å². The average molecular weight is 388 g/mol. The molecule has 2 heterocycles. The summed E-state index contributed by atoms with van der Waals surface area (Å²) in [7, 11) is 0. The molecule has 1 N–H and O–H groups in total. The molecule has 1 atom stereocenters. The van der Waals surface area contributed by atoms with Crippen molar-refractivity contribution in [3.8, 4) is 0 Å². The van der Waals surface area contributed by atoms with Crippen LogP contribution in [0, 0.1) is 6.92 Å². The number of anilines is 1. The minimum Gasteiger partial charge on any atom is -0.309 e. The summed E-state index contributed by atoms with van der Waals surface area (Å²) in [6.07, 6.45) is 1.56. The lowest BCUT2D eigenvalue weighted by molar-refractivity contribution is -0.119. The highest BCUT2D eigenvalue weighted by Gasteiger charge is 2.40. The van der Waals surface area contributed by atoms with Crippen LogP contribution in [0.4, 0.5) is 5.82 Å². The van der Waals surface area contributed by atoms with Crippen molar-refractivity contribution in [3.05, 3.63) is 57.7 Å². The summed E-state index contributed by atoms with van der Waals surface area (Å²) in [5.74, 6) is -0.994. The fourth-order valence-corrected chi connectivity index (χ4v) is 3.02. The number of imide groups is 1. The van der Waals surface area contributed by atoms with Gasteiger partial charge in [-0.3, -0.25) is 19.3 Å². The molecule has 0 bridgehead atoms. The number of aromatic nitrogens is 1. The molecule has 0 saturated carbocycles. The van der Waals surface area contributed by atoms with E-state index in [0.717, 1.165) is 14.9 Å². The lowest BCUT2D eigenvalue weighted by Crippen LogP contribution is -2.45. The number of fused-ring (bicyclic) bond motifs is 1. The SMILES string of the molecule is Cc1cc(Br)cnc1NC(=O)C(C)N1C(=O)c2ccccc2C1=O. The Morgan fingerprint density at radius 2 is 1.79 bits per heavy atom. The highest BCUT2D eigenvalue weighted by atomic mass is 79.9. The van der Waals surface area contributed by atoms with Gasteiger partial charge in [0.05, 0.1) is 11.1 Å². The largest absolute Gasteiger partial charge is 0.309 e. The van der Waals surface area contributed by atoms with Gasteiger partial charge in [0, 0.05) is 10.7 Å². The molecule has 3 rings (SSSR count). The van der Waals surface area contributed by atoms with Gasteiger partial charge in [-0.05, 0) is 53.5 Å². The van der Waals surface area contributed by atoms with Gasteiger partial charge >= 0.3 is 0 Å². The van der Waals surface area contributed by atoms with Gasteiger partial charge in [-0.1, -0.05) is 12.1 Å². The number of carbonyl (C=O) groups excluding carboxylic acids is 3. The molecule has 1 aromatic carbocycles. The van der Waals surface area contributed by atoms with E-state index in [9.17, 15) is 14.4 Å². The van der Waals surface area contributed by atoms with Crippen molar-refractivity contribution >= 4 is 39.5 Å². The lowest BCUT2D eigenvalue weighted by Gasteiger charge is -2.21. The minimum absolute atomic E-state index is 0.320. The van der Waals surface area contributed by atoms with E-state index in [0.29, 0.717) is 16.9 Å². The topological polar surface area (TPSA) is 79.4 Å². The molecule has 1 unspecified atom stereocenters. The van der Waals surface area contributed by atoms with Gasteiger partial charge in [-0.15, -0.1) is 0 Å². The van der Waals surface area contributed by atoms with Crippen molar-refractivity contribution in [2.24, 2.45) is 0 Å². The number of aryl methyl sites for hydroxylation is 1. The van der Waals surface area contributed by atoms with E-state index in [1.54, 1.807) is 37.4 Å². The maximum absolute atomic E-state index is 12.5. The molecule has 0 radical (unpaired) electrons. The first-order valence-corrected chi connectivity index (χ1v) is 8.09. The Bertz CT molecular complexity index is 831. The number of halogens is 1. The standard InChI is InChI=1S/C17H14BrN3O3/c1-9-7-11(18)8-19-14(9)20-15(22)10(2)21-16(23)12-5-3-4-6-13(12)17(21)24/h3-8,10H,1-2H3,(H,19,20,22). The smallest absolute Gasteiger partial charge is 0.262 e. The molecule has 122 valence electrons. The molecule has 3 amide bonds. The molecule has 6 nitrogen and oxygen atoms in total. The van der Waals surface area contributed by atoms with E-state index in [1.807, 2.05) is 6.07 Å². The van der Waals surface area contributed by atoms with Crippen LogP contribution in [0.3, 0.4) is 0 Å². The van der Waals surface area contributed by atoms with Crippen LogP contribution in [0.2, 0.25) is 0 Å². The van der Waals surface area contributed by atoms with Crippen molar-refractivity contribution in [3.63, 3.8) is 0 Å². The monoisotopic (exact) mass is 387 g/mol. The van der Waals surface area contributed by atoms with Crippen molar-refractivity contribution in [1.82, 2.24) is 9.88 Å². The van der Waals surface area contributed by atoms with Gasteiger partial charge in [-0.25, -0.2) is 4.98 Å². The summed E-state index contributed by atoms with van der Waals surface area (Å²) in [6, 6.07) is 7.42. The molecule has 2 aromatic rings. The number of nitrogens with zero attached hydrogens (tertiary/aromatic N) is 2. The third-order valence-electron chi connectivity index (χ3n) is 3.88. The van der Waals surface area contributed by atoms with Gasteiger partial charge in [0.25, 0.3) is 11.8 Å². The molecule has 24 heavy (non-hydrogen) atoms. The van der Waals surface area contributed by atoms with Crippen LogP contribution in [0.25, 0.3) is 0 Å². The lowest BCUT2D eigenvalue weighted by atomic mass is 10.1. The Morgan fingerprint density at radius 1 is 1.21 bits per heavy atom. The Labute approximate surface area is 147 Å². The van der Waals surface area contributed by atoms with E-state index in [-0.39, 0.29) is 0 Å². The molecule has 0 aliphatic carbocycles. The summed E-state index contributed by atoms with van der Waals surface area (Å²) >= 11 is 3.30. The van der Waals surface area contributed by atoms with Crippen LogP contribution in [-0.2, 0) is 4.79 Å². The number of hydrogen-bond acceptors (Lipinski definition) is 4. The van der Waals surface area contributed by atoms with Gasteiger partial charge in [0.2, 0.25) is 5.91 Å². The molecule has 0 spiro atoms. The summed E-state index contributed by atoms with van der Waals surface area (Å²) in [5.41, 5.74) is 1.41. The number of nitrogens with one attached hydrogen (secondary N) is 1. The Kier molecular flexibility index (Phi) is 4.19. The zero-order valence-corrected chi connectivity index (χ0v) is 14.6. The highest BCUT2D eigenvalue weighted by molar-refractivity contribution is 9.10. The summed E-state index contributed by atoms with van der Waals surface area (Å²) in [4.78, 5) is 42.4. The first-order valence-electron chi connectivity index (χ1n) is 7.30. The average Bonchev–Trinajstić information content (AvgIpc) is 2.81. The highest BCUT2D eigenvalue weighted by Crippen LogP contribution is 2.25. The van der Waals surface area contributed by atoms with Gasteiger partial charge in [0.1, 0.15) is 11.9 Å². The second kappa shape index (κ2) is 6.16.